The second kappa shape index (κ2) is 7.35. The van der Waals surface area contributed by atoms with Gasteiger partial charge in [0.25, 0.3) is 0 Å². The van der Waals surface area contributed by atoms with Gasteiger partial charge in [-0.2, -0.15) is 5.10 Å². The van der Waals surface area contributed by atoms with E-state index in [4.69, 9.17) is 4.74 Å². The van der Waals surface area contributed by atoms with Gasteiger partial charge in [0.1, 0.15) is 0 Å². The maximum atomic E-state index is 11.7. The van der Waals surface area contributed by atoms with Crippen molar-refractivity contribution in [1.29, 1.82) is 0 Å². The molecule has 1 saturated heterocycles. The molecule has 0 aliphatic carbocycles. The quantitative estimate of drug-likeness (QED) is 0.659. The van der Waals surface area contributed by atoms with Gasteiger partial charge in [-0.25, -0.2) is 10.4 Å². The maximum absolute atomic E-state index is 11.7. The van der Waals surface area contributed by atoms with E-state index in [1.807, 2.05) is 19.2 Å². The van der Waals surface area contributed by atoms with Crippen molar-refractivity contribution >= 4 is 28.1 Å². The van der Waals surface area contributed by atoms with Gasteiger partial charge in [-0.3, -0.25) is 4.79 Å². The van der Waals surface area contributed by atoms with Gasteiger partial charge in [0.15, 0.2) is 5.13 Å². The number of nitrogens with zero attached hydrogens (tertiary/aromatic N) is 3. The molecule has 110 valence electrons. The lowest BCUT2D eigenvalue weighted by atomic mass is 10.3. The zero-order valence-corrected chi connectivity index (χ0v) is 12.7. The summed E-state index contributed by atoms with van der Waals surface area (Å²) >= 11 is 1.57. The summed E-state index contributed by atoms with van der Waals surface area (Å²) in [6, 6.07) is 0. The van der Waals surface area contributed by atoms with Crippen molar-refractivity contribution in [2.75, 3.05) is 31.2 Å². The molecule has 0 aromatic carbocycles. The Labute approximate surface area is 122 Å². The fourth-order valence-electron chi connectivity index (χ4n) is 1.72. The first-order chi connectivity index (χ1) is 9.69. The van der Waals surface area contributed by atoms with Crippen LogP contribution in [0.3, 0.4) is 0 Å². The molecule has 0 atom stereocenters. The third-order valence-electron chi connectivity index (χ3n) is 3.05. The Morgan fingerprint density at radius 2 is 2.30 bits per heavy atom. The van der Waals surface area contributed by atoms with Gasteiger partial charge < -0.3 is 9.64 Å². The predicted octanol–water partition coefficient (Wildman–Crippen LogP) is 1.42. The average molecular weight is 296 g/mol. The first kappa shape index (κ1) is 14.9. The van der Waals surface area contributed by atoms with Crippen molar-refractivity contribution in [3.8, 4) is 0 Å². The molecule has 1 amide bonds. The summed E-state index contributed by atoms with van der Waals surface area (Å²) in [4.78, 5) is 18.4. The third-order valence-corrected chi connectivity index (χ3v) is 4.00. The normalized spacial score (nSPS) is 16.3. The molecule has 1 aliphatic rings. The summed E-state index contributed by atoms with van der Waals surface area (Å²) in [6.07, 6.45) is 1.10. The number of carbonyl (C=O) groups excluding carboxylic acids is 1. The lowest BCUT2D eigenvalue weighted by Gasteiger charge is -2.26. The van der Waals surface area contributed by atoms with Crippen molar-refractivity contribution < 1.29 is 9.53 Å². The molecule has 1 aliphatic heterocycles. The molecule has 0 radical (unpaired) electrons. The largest absolute Gasteiger partial charge is 0.378 e. The van der Waals surface area contributed by atoms with Crippen molar-refractivity contribution in [1.82, 2.24) is 10.4 Å². The van der Waals surface area contributed by atoms with E-state index in [2.05, 4.69) is 20.4 Å². The molecule has 0 saturated carbocycles. The Hall–Kier alpha value is -1.47. The van der Waals surface area contributed by atoms with Crippen LogP contribution in [0.1, 0.15) is 26.0 Å². The van der Waals surface area contributed by atoms with Gasteiger partial charge in [0, 0.05) is 24.2 Å². The fourth-order valence-corrected chi connectivity index (χ4v) is 2.60. The highest BCUT2D eigenvalue weighted by molar-refractivity contribution is 7.13. The predicted molar refractivity (Wildman–Crippen MR) is 80.4 cm³/mol. The molecule has 1 aromatic rings. The van der Waals surface area contributed by atoms with Crippen LogP contribution in [0, 0.1) is 0 Å². The molecule has 1 N–H and O–H groups in total. The van der Waals surface area contributed by atoms with Gasteiger partial charge in [0.05, 0.1) is 25.3 Å². The Balaban J connectivity index is 1.87. The molecule has 0 unspecified atom stereocenters. The zero-order valence-electron chi connectivity index (χ0n) is 11.9. The molecule has 0 bridgehead atoms. The van der Waals surface area contributed by atoms with Crippen LogP contribution in [0.2, 0.25) is 0 Å². The smallest absolute Gasteiger partial charge is 0.246 e. The van der Waals surface area contributed by atoms with Crippen molar-refractivity contribution in [3.63, 3.8) is 0 Å². The van der Waals surface area contributed by atoms with Crippen molar-refractivity contribution in [2.45, 2.75) is 26.7 Å². The summed E-state index contributed by atoms with van der Waals surface area (Å²) in [7, 11) is 0. The van der Waals surface area contributed by atoms with Gasteiger partial charge in [-0.05, 0) is 13.3 Å². The molecule has 1 fully saturated rings. The Bertz CT molecular complexity index is 480. The molecular weight excluding hydrogens is 276 g/mol. The van der Waals surface area contributed by atoms with Crippen LogP contribution < -0.4 is 10.3 Å². The van der Waals surface area contributed by atoms with Gasteiger partial charge in [-0.15, -0.1) is 11.3 Å². The minimum atomic E-state index is -0.128. The second-order valence-electron chi connectivity index (χ2n) is 4.63. The van der Waals surface area contributed by atoms with Crippen LogP contribution in [0.4, 0.5) is 5.13 Å². The Morgan fingerprint density at radius 3 is 3.00 bits per heavy atom. The Kier molecular flexibility index (Phi) is 5.49. The molecule has 2 heterocycles. The van der Waals surface area contributed by atoms with Crippen molar-refractivity contribution in [3.05, 3.63) is 11.1 Å². The van der Waals surface area contributed by atoms with Crippen LogP contribution in [0.5, 0.6) is 0 Å². The fraction of sp³-hybridized carbons (Fsp3) is 0.615. The number of hydrogen-bond donors (Lipinski definition) is 1. The van der Waals surface area contributed by atoms with Crippen LogP contribution in [0.15, 0.2) is 10.5 Å². The summed E-state index contributed by atoms with van der Waals surface area (Å²) in [5, 5.41) is 6.89. The summed E-state index contributed by atoms with van der Waals surface area (Å²) in [5.74, 6) is -0.128. The monoisotopic (exact) mass is 296 g/mol. The Morgan fingerprint density at radius 1 is 1.55 bits per heavy atom. The number of thiazole rings is 1. The van der Waals surface area contributed by atoms with Gasteiger partial charge in [-0.1, -0.05) is 6.92 Å². The topological polar surface area (TPSA) is 66.8 Å². The number of nitrogens with one attached hydrogen (secondary N) is 1. The maximum Gasteiger partial charge on any atom is 0.246 e. The minimum Gasteiger partial charge on any atom is -0.378 e. The summed E-state index contributed by atoms with van der Waals surface area (Å²) in [6.45, 7) is 7.08. The number of amides is 1. The SMILES string of the molecule is CC/C(C)=N\NC(=O)Cc1csc(N2CCOCC2)n1. The van der Waals surface area contributed by atoms with E-state index in [0.717, 1.165) is 49.3 Å². The number of ether oxygens (including phenoxy) is 1. The molecule has 6 nitrogen and oxygen atoms in total. The standard InChI is InChI=1S/C13H20N4O2S/c1-3-10(2)15-16-12(18)8-11-9-20-13(14-11)17-4-6-19-7-5-17/h9H,3-8H2,1-2H3,(H,16,18)/b15-10-. The van der Waals surface area contributed by atoms with Crippen LogP contribution >= 0.6 is 11.3 Å². The summed E-state index contributed by atoms with van der Waals surface area (Å²) in [5.41, 5.74) is 4.25. The molecule has 20 heavy (non-hydrogen) atoms. The first-order valence-corrected chi connectivity index (χ1v) is 7.66. The summed E-state index contributed by atoms with van der Waals surface area (Å²) < 4.78 is 5.31. The number of rotatable bonds is 5. The van der Waals surface area contributed by atoms with E-state index >= 15 is 0 Å². The van der Waals surface area contributed by atoms with E-state index in [1.54, 1.807) is 11.3 Å². The molecule has 1 aromatic heterocycles. The third kappa shape index (κ3) is 4.28. The lowest BCUT2D eigenvalue weighted by molar-refractivity contribution is -0.120. The molecule has 2 rings (SSSR count). The highest BCUT2D eigenvalue weighted by Gasteiger charge is 2.15. The van der Waals surface area contributed by atoms with Crippen LogP contribution in [-0.2, 0) is 16.0 Å². The highest BCUT2D eigenvalue weighted by atomic mass is 32.1. The van der Waals surface area contributed by atoms with Gasteiger partial charge >= 0.3 is 0 Å². The molecular formula is C13H20N4O2S. The number of aromatic nitrogens is 1. The van der Waals surface area contributed by atoms with E-state index in [9.17, 15) is 4.79 Å². The lowest BCUT2D eigenvalue weighted by Crippen LogP contribution is -2.36. The number of morpholine rings is 1. The van der Waals surface area contributed by atoms with E-state index < -0.39 is 0 Å². The number of hydrazone groups is 1. The van der Waals surface area contributed by atoms with Crippen LogP contribution in [0.25, 0.3) is 0 Å². The number of carbonyl (C=O) groups is 1. The van der Waals surface area contributed by atoms with E-state index in [0.29, 0.717) is 0 Å². The first-order valence-electron chi connectivity index (χ1n) is 6.78. The average Bonchev–Trinajstić information content (AvgIpc) is 2.94. The molecule has 7 heteroatoms. The number of anilines is 1. The van der Waals surface area contributed by atoms with Crippen molar-refractivity contribution in [2.24, 2.45) is 5.10 Å². The molecule has 0 spiro atoms. The minimum absolute atomic E-state index is 0.128. The van der Waals surface area contributed by atoms with Crippen LogP contribution in [-0.4, -0.2) is 42.9 Å². The highest BCUT2D eigenvalue weighted by Crippen LogP contribution is 2.21. The van der Waals surface area contributed by atoms with E-state index in [-0.39, 0.29) is 12.3 Å². The van der Waals surface area contributed by atoms with Gasteiger partial charge in [0.2, 0.25) is 5.91 Å². The zero-order chi connectivity index (χ0) is 14.4. The second-order valence-corrected chi connectivity index (χ2v) is 5.47. The van der Waals surface area contributed by atoms with E-state index in [1.165, 1.54) is 0 Å². The number of hydrogen-bond acceptors (Lipinski definition) is 6.